The van der Waals surface area contributed by atoms with Gasteiger partial charge in [0.05, 0.1) is 0 Å². The highest BCUT2D eigenvalue weighted by atomic mass is 32.2. The van der Waals surface area contributed by atoms with E-state index in [0.717, 1.165) is 28.8 Å². The maximum Gasteiger partial charge on any atom is 0.191 e. The van der Waals surface area contributed by atoms with Crippen LogP contribution in [0.2, 0.25) is 0 Å². The fourth-order valence-electron chi connectivity index (χ4n) is 2.41. The summed E-state index contributed by atoms with van der Waals surface area (Å²) in [5.74, 6) is 1.39. The largest absolute Gasteiger partial charge is 0.302 e. The molecule has 0 spiro atoms. The second kappa shape index (κ2) is 6.96. The molecule has 5 heteroatoms. The average Bonchev–Trinajstić information content (AvgIpc) is 2.97. The van der Waals surface area contributed by atoms with Gasteiger partial charge in [0, 0.05) is 17.9 Å². The molecule has 3 aromatic rings. The number of halogens is 1. The molecule has 3 rings (SSSR count). The van der Waals surface area contributed by atoms with Gasteiger partial charge in [-0.3, -0.25) is 0 Å². The van der Waals surface area contributed by atoms with Crippen molar-refractivity contribution in [3.8, 4) is 11.4 Å². The van der Waals surface area contributed by atoms with E-state index in [0.29, 0.717) is 0 Å². The normalized spacial score (nSPS) is 10.9. The number of aryl methyl sites for hydroxylation is 1. The summed E-state index contributed by atoms with van der Waals surface area (Å²) in [6, 6.07) is 14.7. The Morgan fingerprint density at radius 2 is 1.78 bits per heavy atom. The van der Waals surface area contributed by atoms with Crippen molar-refractivity contribution in [1.82, 2.24) is 14.8 Å². The molecule has 3 nitrogen and oxygen atoms in total. The summed E-state index contributed by atoms with van der Waals surface area (Å²) in [7, 11) is 0. The third-order valence-electron chi connectivity index (χ3n) is 3.75. The van der Waals surface area contributed by atoms with Gasteiger partial charge in [-0.15, -0.1) is 10.2 Å². The van der Waals surface area contributed by atoms with Gasteiger partial charge < -0.3 is 4.57 Å². The number of hydrogen-bond acceptors (Lipinski definition) is 3. The van der Waals surface area contributed by atoms with Crippen LogP contribution in [0.4, 0.5) is 4.39 Å². The predicted octanol–water partition coefficient (Wildman–Crippen LogP) is 4.70. The number of benzene rings is 2. The third-order valence-corrected chi connectivity index (χ3v) is 4.77. The number of thioether (sulfide) groups is 1. The van der Waals surface area contributed by atoms with Gasteiger partial charge in [0.1, 0.15) is 5.82 Å². The van der Waals surface area contributed by atoms with Gasteiger partial charge in [-0.25, -0.2) is 4.39 Å². The van der Waals surface area contributed by atoms with Crippen LogP contribution in [-0.2, 0) is 12.3 Å². The molecule has 1 heterocycles. The molecule has 1 aromatic heterocycles. The number of nitrogens with zero attached hydrogens (tertiary/aromatic N) is 3. The van der Waals surface area contributed by atoms with Crippen molar-refractivity contribution in [2.45, 2.75) is 31.3 Å². The first-order valence-electron chi connectivity index (χ1n) is 7.55. The molecular formula is C18H18FN3S. The minimum atomic E-state index is -0.245. The van der Waals surface area contributed by atoms with E-state index in [1.54, 1.807) is 23.9 Å². The van der Waals surface area contributed by atoms with Crippen molar-refractivity contribution in [3.05, 3.63) is 65.5 Å². The highest BCUT2D eigenvalue weighted by Crippen LogP contribution is 2.27. The topological polar surface area (TPSA) is 30.7 Å². The van der Waals surface area contributed by atoms with E-state index in [9.17, 15) is 4.39 Å². The summed E-state index contributed by atoms with van der Waals surface area (Å²) in [6.45, 7) is 4.95. The lowest BCUT2D eigenvalue weighted by Crippen LogP contribution is -2.00. The minimum absolute atomic E-state index is 0.245. The van der Waals surface area contributed by atoms with Gasteiger partial charge >= 0.3 is 0 Å². The van der Waals surface area contributed by atoms with Gasteiger partial charge in [-0.1, -0.05) is 36.0 Å². The van der Waals surface area contributed by atoms with Crippen LogP contribution < -0.4 is 0 Å². The molecule has 0 saturated carbocycles. The molecule has 118 valence electrons. The highest BCUT2D eigenvalue weighted by Gasteiger charge is 2.13. The molecule has 0 aliphatic rings. The first-order valence-corrected chi connectivity index (χ1v) is 8.54. The van der Waals surface area contributed by atoms with E-state index in [4.69, 9.17) is 0 Å². The van der Waals surface area contributed by atoms with Crippen molar-refractivity contribution in [2.24, 2.45) is 0 Å². The molecule has 0 atom stereocenters. The zero-order valence-corrected chi connectivity index (χ0v) is 14.0. The second-order valence-corrected chi connectivity index (χ2v) is 6.21. The maximum absolute atomic E-state index is 13.1. The fourth-order valence-corrected chi connectivity index (χ4v) is 3.49. The molecule has 0 N–H and O–H groups in total. The lowest BCUT2D eigenvalue weighted by atomic mass is 10.1. The summed E-state index contributed by atoms with van der Waals surface area (Å²) in [6.07, 6.45) is 0. The Morgan fingerprint density at radius 3 is 2.48 bits per heavy atom. The summed E-state index contributed by atoms with van der Waals surface area (Å²) in [4.78, 5) is 0. The highest BCUT2D eigenvalue weighted by molar-refractivity contribution is 7.98. The second-order valence-electron chi connectivity index (χ2n) is 5.27. The Bertz CT molecular complexity index is 796. The number of rotatable bonds is 5. The molecule has 0 amide bonds. The smallest absolute Gasteiger partial charge is 0.191 e. The van der Waals surface area contributed by atoms with Crippen LogP contribution >= 0.6 is 11.8 Å². The van der Waals surface area contributed by atoms with E-state index >= 15 is 0 Å². The third kappa shape index (κ3) is 3.45. The molecule has 2 aromatic carbocycles. The SMILES string of the molecule is CCn1c(SCc2ccccc2C)nnc1-c1ccc(F)cc1. The molecule has 0 saturated heterocycles. The Balaban J connectivity index is 1.84. The van der Waals surface area contributed by atoms with Gasteiger partial charge in [-0.05, 0) is 49.2 Å². The number of aromatic nitrogens is 3. The minimum Gasteiger partial charge on any atom is -0.302 e. The Hall–Kier alpha value is -2.14. The van der Waals surface area contributed by atoms with Crippen LogP contribution in [0.1, 0.15) is 18.1 Å². The van der Waals surface area contributed by atoms with Crippen LogP contribution in [0, 0.1) is 12.7 Å². The van der Waals surface area contributed by atoms with Crippen molar-refractivity contribution in [3.63, 3.8) is 0 Å². The maximum atomic E-state index is 13.1. The van der Waals surface area contributed by atoms with Gasteiger partial charge in [0.25, 0.3) is 0 Å². The Kier molecular flexibility index (Phi) is 4.76. The molecule has 23 heavy (non-hydrogen) atoms. The van der Waals surface area contributed by atoms with E-state index in [2.05, 4.69) is 46.8 Å². The standard InChI is InChI=1S/C18H18FN3S/c1-3-22-17(14-8-10-16(19)11-9-14)20-21-18(22)23-12-15-7-5-4-6-13(15)2/h4-11H,3,12H2,1-2H3. The van der Waals surface area contributed by atoms with Crippen molar-refractivity contribution in [1.29, 1.82) is 0 Å². The van der Waals surface area contributed by atoms with Gasteiger partial charge in [0.15, 0.2) is 11.0 Å². The van der Waals surface area contributed by atoms with E-state index in [-0.39, 0.29) is 5.82 Å². The molecule has 0 radical (unpaired) electrons. The molecule has 0 aliphatic heterocycles. The molecule has 0 bridgehead atoms. The molecule has 0 unspecified atom stereocenters. The monoisotopic (exact) mass is 327 g/mol. The zero-order valence-electron chi connectivity index (χ0n) is 13.2. The van der Waals surface area contributed by atoms with E-state index < -0.39 is 0 Å². The summed E-state index contributed by atoms with van der Waals surface area (Å²) >= 11 is 1.67. The first-order chi connectivity index (χ1) is 11.2. The zero-order chi connectivity index (χ0) is 16.2. The summed E-state index contributed by atoms with van der Waals surface area (Å²) < 4.78 is 15.2. The summed E-state index contributed by atoms with van der Waals surface area (Å²) in [5, 5.41) is 9.49. The lowest BCUT2D eigenvalue weighted by molar-refractivity contribution is 0.627. The predicted molar refractivity (Wildman–Crippen MR) is 91.8 cm³/mol. The Morgan fingerprint density at radius 1 is 1.04 bits per heavy atom. The van der Waals surface area contributed by atoms with Gasteiger partial charge in [-0.2, -0.15) is 0 Å². The number of hydrogen-bond donors (Lipinski definition) is 0. The van der Waals surface area contributed by atoms with Crippen molar-refractivity contribution >= 4 is 11.8 Å². The van der Waals surface area contributed by atoms with Crippen molar-refractivity contribution in [2.75, 3.05) is 0 Å². The van der Waals surface area contributed by atoms with Crippen molar-refractivity contribution < 1.29 is 4.39 Å². The average molecular weight is 327 g/mol. The Labute approximate surface area is 139 Å². The summed E-state index contributed by atoms with van der Waals surface area (Å²) in [5.41, 5.74) is 3.45. The van der Waals surface area contributed by atoms with Crippen LogP contribution in [-0.4, -0.2) is 14.8 Å². The molecule has 0 aliphatic carbocycles. The van der Waals surface area contributed by atoms with E-state index in [1.165, 1.54) is 23.3 Å². The van der Waals surface area contributed by atoms with Gasteiger partial charge in [0.2, 0.25) is 0 Å². The first kappa shape index (κ1) is 15.7. The van der Waals surface area contributed by atoms with Crippen LogP contribution in [0.15, 0.2) is 53.7 Å². The molecule has 0 fully saturated rings. The van der Waals surface area contributed by atoms with Crippen LogP contribution in [0.25, 0.3) is 11.4 Å². The van der Waals surface area contributed by atoms with E-state index in [1.807, 2.05) is 6.07 Å². The van der Waals surface area contributed by atoms with Crippen LogP contribution in [0.5, 0.6) is 0 Å². The fraction of sp³-hybridized carbons (Fsp3) is 0.222. The molecular weight excluding hydrogens is 309 g/mol. The van der Waals surface area contributed by atoms with Crippen LogP contribution in [0.3, 0.4) is 0 Å². The quantitative estimate of drug-likeness (QED) is 0.636. The lowest BCUT2D eigenvalue weighted by Gasteiger charge is -2.08.